The summed E-state index contributed by atoms with van der Waals surface area (Å²) in [6, 6.07) is 7.04. The number of carbonyl (C=O) groups is 1. The summed E-state index contributed by atoms with van der Waals surface area (Å²) in [5, 5.41) is 0. The summed E-state index contributed by atoms with van der Waals surface area (Å²) in [6.45, 7) is 3.95. The van der Waals surface area contributed by atoms with E-state index in [0.717, 1.165) is 43.4 Å². The zero-order valence-electron chi connectivity index (χ0n) is 21.0. The molecular weight excluding hydrogens is 480 g/mol. The molecule has 1 aliphatic carbocycles. The van der Waals surface area contributed by atoms with Gasteiger partial charge in [-0.05, 0) is 62.8 Å². The van der Waals surface area contributed by atoms with Gasteiger partial charge in [0.1, 0.15) is 23.9 Å². The third-order valence-electron chi connectivity index (χ3n) is 7.51. The van der Waals surface area contributed by atoms with Crippen LogP contribution in [0.15, 0.2) is 35.5 Å². The van der Waals surface area contributed by atoms with Crippen molar-refractivity contribution in [2.75, 3.05) is 30.8 Å². The molecule has 1 amide bonds. The molecule has 2 fully saturated rings. The molecule has 0 atom stereocenters. The first-order valence-electron chi connectivity index (χ1n) is 12.8. The Morgan fingerprint density at radius 1 is 1.06 bits per heavy atom. The Labute approximate surface area is 212 Å². The zero-order valence-corrected chi connectivity index (χ0v) is 21.8. The molecule has 1 aromatic heterocycles. The van der Waals surface area contributed by atoms with Gasteiger partial charge in [0.15, 0.2) is 9.84 Å². The van der Waals surface area contributed by atoms with Crippen LogP contribution in [0.3, 0.4) is 0 Å². The second kappa shape index (κ2) is 9.88. The lowest BCUT2D eigenvalue weighted by atomic mass is 9.86. The van der Waals surface area contributed by atoms with Crippen LogP contribution >= 0.6 is 0 Å². The van der Waals surface area contributed by atoms with Gasteiger partial charge < -0.3 is 19.3 Å². The molecule has 36 heavy (non-hydrogen) atoms. The summed E-state index contributed by atoms with van der Waals surface area (Å²) in [5.41, 5.74) is 1.60. The number of carbonyl (C=O) groups excluding carboxylic acids is 1. The third kappa shape index (κ3) is 5.43. The number of hydrogen-bond donors (Lipinski definition) is 0. The number of hydrogen-bond acceptors (Lipinski definition) is 8. The van der Waals surface area contributed by atoms with Crippen molar-refractivity contribution >= 4 is 27.4 Å². The number of fused-ring (bicyclic) bond motifs is 1. The van der Waals surface area contributed by atoms with E-state index >= 15 is 0 Å². The van der Waals surface area contributed by atoms with Crippen LogP contribution in [-0.2, 0) is 21.0 Å². The van der Waals surface area contributed by atoms with Gasteiger partial charge in [0.05, 0.1) is 4.90 Å². The van der Waals surface area contributed by atoms with Gasteiger partial charge >= 0.3 is 6.09 Å². The van der Waals surface area contributed by atoms with Crippen molar-refractivity contribution in [3.05, 3.63) is 36.2 Å². The van der Waals surface area contributed by atoms with Crippen molar-refractivity contribution in [1.29, 1.82) is 0 Å². The number of anilines is 2. The Morgan fingerprint density at radius 3 is 2.53 bits per heavy atom. The SMILES string of the molecule is CC1(OC(=O)N2CCC(Oc3cc(N4CCc5cc(S(C)(=O)=O)ccc54)ncn3)CC2)CCCCC1. The molecule has 2 aromatic rings. The molecule has 0 bridgehead atoms. The number of aromatic nitrogens is 2. The van der Waals surface area contributed by atoms with Crippen molar-refractivity contribution < 1.29 is 22.7 Å². The predicted octanol–water partition coefficient (Wildman–Crippen LogP) is 4.28. The number of likely N-dealkylation sites (tertiary alicyclic amines) is 1. The number of amides is 1. The zero-order chi connectivity index (χ0) is 25.3. The first-order chi connectivity index (χ1) is 17.2. The molecule has 1 saturated carbocycles. The Kier molecular flexibility index (Phi) is 6.80. The molecular formula is C26H34N4O5S. The first kappa shape index (κ1) is 24.8. The standard InChI is InChI=1S/C26H34N4O5S/c1-26(11-4-3-5-12-26)35-25(31)29-13-9-20(10-14-29)34-24-17-23(27-18-28-24)30-15-8-19-16-21(36(2,32)33)6-7-22(19)30/h6-7,16-18,20H,3-5,8-15H2,1-2H3. The maximum Gasteiger partial charge on any atom is 0.410 e. The first-order valence-corrected chi connectivity index (χ1v) is 14.7. The van der Waals surface area contributed by atoms with Crippen LogP contribution in [0.25, 0.3) is 0 Å². The number of ether oxygens (including phenoxy) is 2. The minimum Gasteiger partial charge on any atom is -0.474 e. The van der Waals surface area contributed by atoms with E-state index in [1.165, 1.54) is 19.0 Å². The van der Waals surface area contributed by atoms with E-state index in [4.69, 9.17) is 9.47 Å². The van der Waals surface area contributed by atoms with Gasteiger partial charge in [-0.1, -0.05) is 6.42 Å². The molecule has 10 heteroatoms. The van der Waals surface area contributed by atoms with Crippen LogP contribution in [0.1, 0.15) is 57.4 Å². The van der Waals surface area contributed by atoms with E-state index in [2.05, 4.69) is 21.8 Å². The van der Waals surface area contributed by atoms with Crippen LogP contribution in [0.2, 0.25) is 0 Å². The number of sulfone groups is 1. The lowest BCUT2D eigenvalue weighted by Crippen LogP contribution is -2.45. The molecule has 1 saturated heterocycles. The quantitative estimate of drug-likeness (QED) is 0.583. The summed E-state index contributed by atoms with van der Waals surface area (Å²) >= 11 is 0. The fourth-order valence-electron chi connectivity index (χ4n) is 5.39. The van der Waals surface area contributed by atoms with Crippen LogP contribution < -0.4 is 9.64 Å². The molecule has 2 aliphatic heterocycles. The number of rotatable bonds is 5. The molecule has 0 spiro atoms. The van der Waals surface area contributed by atoms with Crippen LogP contribution in [0.4, 0.5) is 16.3 Å². The van der Waals surface area contributed by atoms with Crippen molar-refractivity contribution in [1.82, 2.24) is 14.9 Å². The molecule has 0 radical (unpaired) electrons. The second-order valence-electron chi connectivity index (χ2n) is 10.4. The minimum atomic E-state index is -3.25. The summed E-state index contributed by atoms with van der Waals surface area (Å²) in [4.78, 5) is 25.6. The fourth-order valence-corrected chi connectivity index (χ4v) is 6.06. The lowest BCUT2D eigenvalue weighted by molar-refractivity contribution is -0.0271. The minimum absolute atomic E-state index is 0.0368. The van der Waals surface area contributed by atoms with Gasteiger partial charge in [-0.3, -0.25) is 0 Å². The summed E-state index contributed by atoms with van der Waals surface area (Å²) in [7, 11) is -3.25. The van der Waals surface area contributed by atoms with Crippen molar-refractivity contribution in [3.8, 4) is 5.88 Å². The van der Waals surface area contributed by atoms with Crippen LogP contribution in [0, 0.1) is 0 Å². The highest BCUT2D eigenvalue weighted by atomic mass is 32.2. The highest BCUT2D eigenvalue weighted by Crippen LogP contribution is 2.36. The van der Waals surface area contributed by atoms with Gasteiger partial charge in [-0.2, -0.15) is 0 Å². The van der Waals surface area contributed by atoms with E-state index in [9.17, 15) is 13.2 Å². The van der Waals surface area contributed by atoms with E-state index in [0.29, 0.717) is 49.1 Å². The highest BCUT2D eigenvalue weighted by Gasteiger charge is 2.34. The maximum absolute atomic E-state index is 12.7. The topological polar surface area (TPSA) is 102 Å². The third-order valence-corrected chi connectivity index (χ3v) is 8.62. The smallest absolute Gasteiger partial charge is 0.410 e. The van der Waals surface area contributed by atoms with E-state index in [-0.39, 0.29) is 17.8 Å². The molecule has 194 valence electrons. The lowest BCUT2D eigenvalue weighted by Gasteiger charge is -2.37. The monoisotopic (exact) mass is 514 g/mol. The fraction of sp³-hybridized carbons (Fsp3) is 0.577. The van der Waals surface area contributed by atoms with Crippen molar-refractivity contribution in [2.24, 2.45) is 0 Å². The van der Waals surface area contributed by atoms with Gasteiger partial charge in [0, 0.05) is 50.5 Å². The summed E-state index contributed by atoms with van der Waals surface area (Å²) < 4.78 is 35.9. The number of piperidine rings is 1. The molecule has 0 unspecified atom stereocenters. The average molecular weight is 515 g/mol. The van der Waals surface area contributed by atoms with Gasteiger partial charge in [-0.25, -0.2) is 23.2 Å². The van der Waals surface area contributed by atoms with Crippen molar-refractivity contribution in [3.63, 3.8) is 0 Å². The average Bonchev–Trinajstić information content (AvgIpc) is 3.28. The Hall–Kier alpha value is -2.88. The summed E-state index contributed by atoms with van der Waals surface area (Å²) in [5.74, 6) is 1.21. The Morgan fingerprint density at radius 2 is 1.81 bits per heavy atom. The molecule has 3 aliphatic rings. The molecule has 9 nitrogen and oxygen atoms in total. The number of benzene rings is 1. The maximum atomic E-state index is 12.7. The van der Waals surface area contributed by atoms with Crippen molar-refractivity contribution in [2.45, 2.75) is 74.9 Å². The molecule has 1 aromatic carbocycles. The van der Waals surface area contributed by atoms with Gasteiger partial charge in [0.25, 0.3) is 0 Å². The van der Waals surface area contributed by atoms with E-state index in [1.807, 2.05) is 12.1 Å². The highest BCUT2D eigenvalue weighted by molar-refractivity contribution is 7.90. The largest absolute Gasteiger partial charge is 0.474 e. The van der Waals surface area contributed by atoms with Gasteiger partial charge in [-0.15, -0.1) is 0 Å². The molecule has 0 N–H and O–H groups in total. The van der Waals surface area contributed by atoms with Gasteiger partial charge in [0.2, 0.25) is 5.88 Å². The van der Waals surface area contributed by atoms with E-state index in [1.54, 1.807) is 17.0 Å². The van der Waals surface area contributed by atoms with E-state index < -0.39 is 9.84 Å². The number of nitrogens with zero attached hydrogens (tertiary/aromatic N) is 4. The molecule has 5 rings (SSSR count). The predicted molar refractivity (Wildman–Crippen MR) is 135 cm³/mol. The van der Waals surface area contributed by atoms with Crippen LogP contribution in [-0.4, -0.2) is 67.0 Å². The normalized spacial score (nSPS) is 20.2. The second-order valence-corrected chi connectivity index (χ2v) is 12.4. The summed E-state index contributed by atoms with van der Waals surface area (Å²) in [6.07, 6.45) is 9.96. The molecule has 3 heterocycles. The van der Waals surface area contributed by atoms with Crippen LogP contribution in [0.5, 0.6) is 5.88 Å². The Bertz CT molecular complexity index is 1220. The Balaban J connectivity index is 1.18.